The molecule has 8 rings (SSSR count). The number of nitrogens with one attached hydrogen (secondary N) is 2. The van der Waals surface area contributed by atoms with Crippen molar-refractivity contribution in [2.45, 2.75) is 24.8 Å². The van der Waals surface area contributed by atoms with Crippen LogP contribution in [0, 0.1) is 0 Å². The van der Waals surface area contributed by atoms with E-state index in [1.165, 1.54) is 6.07 Å². The van der Waals surface area contributed by atoms with Gasteiger partial charge >= 0.3 is 0 Å². The fourth-order valence-electron chi connectivity index (χ4n) is 6.26. The molecule has 178 valence electrons. The lowest BCUT2D eigenvalue weighted by Crippen LogP contribution is -2.35. The highest BCUT2D eigenvalue weighted by molar-refractivity contribution is 6.23. The van der Waals surface area contributed by atoms with Crippen LogP contribution in [0.1, 0.15) is 32.7 Å². The van der Waals surface area contributed by atoms with E-state index in [0.717, 1.165) is 44.4 Å². The Balaban J connectivity index is 1.20. The summed E-state index contributed by atoms with van der Waals surface area (Å²) in [6, 6.07) is 18.9. The van der Waals surface area contributed by atoms with Crippen LogP contribution in [0.4, 0.5) is 11.5 Å². The number of anilines is 2. The molecule has 3 aromatic heterocycles. The molecule has 0 radical (unpaired) electrons. The first-order valence-electron chi connectivity index (χ1n) is 12.2. The number of carbonyl (C=O) groups excluding carboxylic acids is 2. The summed E-state index contributed by atoms with van der Waals surface area (Å²) in [5, 5.41) is 7.54. The topological polar surface area (TPSA) is 106 Å². The number of fused-ring (bicyclic) bond motifs is 4. The van der Waals surface area contributed by atoms with Crippen molar-refractivity contribution >= 4 is 45.1 Å². The van der Waals surface area contributed by atoms with Gasteiger partial charge in [-0.2, -0.15) is 0 Å². The minimum atomic E-state index is -0.629. The fraction of sp³-hybridized carbons (Fsp3) is 0.138. The summed E-state index contributed by atoms with van der Waals surface area (Å²) >= 11 is 0. The van der Waals surface area contributed by atoms with Crippen LogP contribution in [0.2, 0.25) is 0 Å². The Bertz CT molecular complexity index is 1940. The number of rotatable bonds is 2. The van der Waals surface area contributed by atoms with Crippen LogP contribution >= 0.6 is 0 Å². The largest absolute Gasteiger partial charge is 0.321 e. The zero-order valence-corrected chi connectivity index (χ0v) is 19.5. The van der Waals surface area contributed by atoms with Crippen LogP contribution in [0.25, 0.3) is 21.8 Å². The minimum absolute atomic E-state index is 0.00509. The molecule has 8 heteroatoms. The average Bonchev–Trinajstić information content (AvgIpc) is 3.52. The van der Waals surface area contributed by atoms with Crippen molar-refractivity contribution in [2.75, 3.05) is 10.6 Å². The van der Waals surface area contributed by atoms with E-state index in [1.54, 1.807) is 10.8 Å². The summed E-state index contributed by atoms with van der Waals surface area (Å²) in [4.78, 5) is 47.6. The summed E-state index contributed by atoms with van der Waals surface area (Å²) in [5.74, 6) is 0.396. The van der Waals surface area contributed by atoms with Crippen LogP contribution in [-0.2, 0) is 29.6 Å². The van der Waals surface area contributed by atoms with E-state index >= 15 is 0 Å². The molecule has 2 aromatic carbocycles. The van der Waals surface area contributed by atoms with Crippen LogP contribution in [0.5, 0.6) is 0 Å². The molecule has 1 atom stereocenters. The summed E-state index contributed by atoms with van der Waals surface area (Å²) in [7, 11) is 0. The van der Waals surface area contributed by atoms with Gasteiger partial charge in [-0.1, -0.05) is 18.2 Å². The molecule has 3 aliphatic rings. The first-order chi connectivity index (χ1) is 18.0. The van der Waals surface area contributed by atoms with Gasteiger partial charge in [0.25, 0.3) is 11.5 Å². The number of carbonyl (C=O) groups is 2. The van der Waals surface area contributed by atoms with Gasteiger partial charge in [0.1, 0.15) is 5.82 Å². The Labute approximate surface area is 210 Å². The van der Waals surface area contributed by atoms with Crippen LogP contribution in [-0.4, -0.2) is 26.3 Å². The third-order valence-electron chi connectivity index (χ3n) is 7.99. The Morgan fingerprint density at radius 2 is 1.78 bits per heavy atom. The predicted molar refractivity (Wildman–Crippen MR) is 139 cm³/mol. The minimum Gasteiger partial charge on any atom is -0.321 e. The molecule has 0 saturated heterocycles. The highest BCUT2D eigenvalue weighted by Crippen LogP contribution is 2.47. The Hall–Kier alpha value is -4.85. The number of hydrogen-bond acceptors (Lipinski definition) is 5. The monoisotopic (exact) mass is 485 g/mol. The maximum atomic E-state index is 13.1. The van der Waals surface area contributed by atoms with Gasteiger partial charge in [0.2, 0.25) is 5.91 Å². The van der Waals surface area contributed by atoms with Crippen LogP contribution < -0.4 is 16.2 Å². The average molecular weight is 486 g/mol. The molecule has 0 fully saturated rings. The Kier molecular flexibility index (Phi) is 3.79. The molecule has 1 unspecified atom stereocenters. The molecule has 0 saturated carbocycles. The standard InChI is InChI=1S/C29H19N5O3/c35-24-11-19-25-21(32-27(19)36)4-1-5-23(25)34(24)14-18-7-6-15-9-16-12-29(13-17(16)10-22(15)31-18)20-3-2-8-30-26(20)33-28(29)37/h1-11H,12-14H2,(H,32,36)(H,30,33,37). The summed E-state index contributed by atoms with van der Waals surface area (Å²) in [6.07, 6.45) is 2.93. The van der Waals surface area contributed by atoms with Crippen molar-refractivity contribution < 1.29 is 9.59 Å². The van der Waals surface area contributed by atoms with E-state index in [1.807, 2.05) is 42.5 Å². The van der Waals surface area contributed by atoms with E-state index in [9.17, 15) is 14.4 Å². The van der Waals surface area contributed by atoms with Crippen LogP contribution in [0.15, 0.2) is 71.7 Å². The molecule has 5 aromatic rings. The lowest BCUT2D eigenvalue weighted by molar-refractivity contribution is -0.120. The van der Waals surface area contributed by atoms with E-state index in [4.69, 9.17) is 4.98 Å². The van der Waals surface area contributed by atoms with Crippen molar-refractivity contribution in [2.24, 2.45) is 0 Å². The second-order valence-corrected chi connectivity index (χ2v) is 10.0. The number of amides is 2. The van der Waals surface area contributed by atoms with Gasteiger partial charge in [-0.3, -0.25) is 19.4 Å². The van der Waals surface area contributed by atoms with Gasteiger partial charge in [0, 0.05) is 28.6 Å². The van der Waals surface area contributed by atoms with Gasteiger partial charge in [0.15, 0.2) is 0 Å². The van der Waals surface area contributed by atoms with Crippen molar-refractivity contribution in [1.29, 1.82) is 0 Å². The number of nitrogens with zero attached hydrogens (tertiary/aromatic N) is 3. The fourth-order valence-corrected chi connectivity index (χ4v) is 6.26. The molecular weight excluding hydrogens is 466 g/mol. The van der Waals surface area contributed by atoms with E-state index < -0.39 is 5.41 Å². The first-order valence-corrected chi connectivity index (χ1v) is 12.2. The lowest BCUT2D eigenvalue weighted by Gasteiger charge is -2.20. The zero-order valence-electron chi connectivity index (χ0n) is 19.5. The maximum Gasteiger partial charge on any atom is 0.256 e. The Morgan fingerprint density at radius 1 is 0.919 bits per heavy atom. The molecule has 37 heavy (non-hydrogen) atoms. The SMILES string of the molecule is O=C1Nc2cccc3c2c1cc(=O)n3Cc1ccc2cc3c(cc2n1)CC1(C3)C(=O)Nc2ncccc21. The first kappa shape index (κ1) is 20.4. The summed E-state index contributed by atoms with van der Waals surface area (Å²) in [5.41, 5.74) is 5.74. The zero-order chi connectivity index (χ0) is 24.9. The second-order valence-electron chi connectivity index (χ2n) is 10.0. The molecule has 2 amide bonds. The summed E-state index contributed by atoms with van der Waals surface area (Å²) < 4.78 is 1.66. The smallest absolute Gasteiger partial charge is 0.256 e. The molecule has 5 heterocycles. The predicted octanol–water partition coefficient (Wildman–Crippen LogP) is 3.55. The number of benzene rings is 2. The van der Waals surface area contributed by atoms with Crippen molar-refractivity contribution in [3.8, 4) is 0 Å². The van der Waals surface area contributed by atoms with Gasteiger partial charge in [-0.05, 0) is 60.4 Å². The van der Waals surface area contributed by atoms with E-state index in [2.05, 4.69) is 27.8 Å². The molecule has 0 bridgehead atoms. The lowest BCUT2D eigenvalue weighted by atomic mass is 9.79. The molecule has 1 spiro atoms. The molecule has 2 N–H and O–H groups in total. The number of aromatic nitrogens is 3. The molecule has 1 aliphatic carbocycles. The van der Waals surface area contributed by atoms with Crippen molar-refractivity contribution in [3.05, 3.63) is 105 Å². The van der Waals surface area contributed by atoms with Gasteiger partial charge < -0.3 is 15.2 Å². The Morgan fingerprint density at radius 3 is 2.68 bits per heavy atom. The number of pyridine rings is 3. The third kappa shape index (κ3) is 2.69. The normalized spacial score (nSPS) is 18.9. The molecule has 2 aliphatic heterocycles. The molecule has 8 nitrogen and oxygen atoms in total. The quantitative estimate of drug-likeness (QED) is 0.398. The second kappa shape index (κ2) is 6.88. The van der Waals surface area contributed by atoms with Gasteiger partial charge in [0.05, 0.1) is 39.9 Å². The third-order valence-corrected chi connectivity index (χ3v) is 7.99. The molecular formula is C29H19N5O3. The van der Waals surface area contributed by atoms with E-state index in [-0.39, 0.29) is 23.9 Å². The van der Waals surface area contributed by atoms with E-state index in [0.29, 0.717) is 29.7 Å². The van der Waals surface area contributed by atoms with Gasteiger partial charge in [-0.25, -0.2) is 4.98 Å². The highest BCUT2D eigenvalue weighted by atomic mass is 16.2. The summed E-state index contributed by atoms with van der Waals surface area (Å²) in [6.45, 7) is 0.283. The van der Waals surface area contributed by atoms with Crippen LogP contribution in [0.3, 0.4) is 0 Å². The highest BCUT2D eigenvalue weighted by Gasteiger charge is 2.51. The van der Waals surface area contributed by atoms with Gasteiger partial charge in [-0.15, -0.1) is 0 Å². The van der Waals surface area contributed by atoms with Crippen molar-refractivity contribution in [1.82, 2.24) is 14.5 Å². The van der Waals surface area contributed by atoms with Crippen molar-refractivity contribution in [3.63, 3.8) is 0 Å². The maximum absolute atomic E-state index is 13.1. The number of hydrogen-bond donors (Lipinski definition) is 2.